The zero-order valence-corrected chi connectivity index (χ0v) is 14.2. The summed E-state index contributed by atoms with van der Waals surface area (Å²) in [5.74, 6) is 0. The van der Waals surface area contributed by atoms with E-state index in [1.807, 2.05) is 19.1 Å². The first-order valence-electron chi connectivity index (χ1n) is 7.23. The monoisotopic (exact) mass is 322 g/mol. The number of hydrogen-bond donors (Lipinski definition) is 1. The Morgan fingerprint density at radius 2 is 2.00 bits per heavy atom. The summed E-state index contributed by atoms with van der Waals surface area (Å²) in [5, 5.41) is 10.7. The zero-order chi connectivity index (χ0) is 16.5. The minimum atomic E-state index is -3.71. The summed E-state index contributed by atoms with van der Waals surface area (Å²) in [5.41, 5.74) is 0.339. The molecule has 0 spiro atoms. The second-order valence-electron chi connectivity index (χ2n) is 6.08. The van der Waals surface area contributed by atoms with E-state index in [-0.39, 0.29) is 18.0 Å². The molecule has 1 N–H and O–H groups in total. The first-order valence-corrected chi connectivity index (χ1v) is 8.67. The topological polar surface area (TPSA) is 70.5 Å². The number of para-hydroxylation sites is 1. The first kappa shape index (κ1) is 16.9. The fourth-order valence-corrected chi connectivity index (χ4v) is 4.16. The summed E-state index contributed by atoms with van der Waals surface area (Å²) in [4.78, 5) is 4.47. The van der Waals surface area contributed by atoms with Crippen LogP contribution >= 0.6 is 0 Å². The van der Waals surface area contributed by atoms with Gasteiger partial charge in [-0.1, -0.05) is 19.1 Å². The van der Waals surface area contributed by atoms with Crippen LogP contribution in [0.4, 0.5) is 0 Å². The maximum atomic E-state index is 12.9. The molecule has 0 aliphatic heterocycles. The van der Waals surface area contributed by atoms with Crippen molar-refractivity contribution in [3.05, 3.63) is 36.0 Å². The van der Waals surface area contributed by atoms with Crippen molar-refractivity contribution in [3.63, 3.8) is 0 Å². The fraction of sp³-hybridized carbons (Fsp3) is 0.438. The van der Waals surface area contributed by atoms with Crippen LogP contribution in [0.15, 0.2) is 35.4 Å². The summed E-state index contributed by atoms with van der Waals surface area (Å²) < 4.78 is 27.1. The van der Waals surface area contributed by atoms with Crippen LogP contribution in [0.3, 0.4) is 0 Å². The van der Waals surface area contributed by atoms with Gasteiger partial charge in [0.2, 0.25) is 10.0 Å². The molecule has 1 aromatic heterocycles. The van der Waals surface area contributed by atoms with E-state index in [0.29, 0.717) is 5.52 Å². The van der Waals surface area contributed by atoms with Gasteiger partial charge >= 0.3 is 0 Å². The zero-order valence-electron chi connectivity index (χ0n) is 13.4. The van der Waals surface area contributed by atoms with Crippen molar-refractivity contribution < 1.29 is 13.5 Å². The Morgan fingerprint density at radius 3 is 2.59 bits per heavy atom. The molecular formula is C16H22N2O3S. The predicted octanol–water partition coefficient (Wildman–Crippen LogP) is 2.32. The van der Waals surface area contributed by atoms with Crippen LogP contribution in [-0.4, -0.2) is 41.5 Å². The summed E-state index contributed by atoms with van der Waals surface area (Å²) in [6.07, 6.45) is 1.66. The molecule has 22 heavy (non-hydrogen) atoms. The molecule has 120 valence electrons. The van der Waals surface area contributed by atoms with E-state index in [4.69, 9.17) is 0 Å². The third-order valence-electron chi connectivity index (χ3n) is 3.34. The number of sulfonamides is 1. The number of nitrogens with zero attached hydrogens (tertiary/aromatic N) is 2. The van der Waals surface area contributed by atoms with Crippen molar-refractivity contribution in [1.82, 2.24) is 9.29 Å². The van der Waals surface area contributed by atoms with Gasteiger partial charge in [-0.15, -0.1) is 0 Å². The summed E-state index contributed by atoms with van der Waals surface area (Å²) in [7, 11) is -3.71. The molecule has 2 rings (SSSR count). The van der Waals surface area contributed by atoms with Crippen LogP contribution in [0.5, 0.6) is 0 Å². The van der Waals surface area contributed by atoms with Crippen molar-refractivity contribution in [3.8, 4) is 0 Å². The highest BCUT2D eigenvalue weighted by Gasteiger charge is 2.29. The predicted molar refractivity (Wildman–Crippen MR) is 87.2 cm³/mol. The van der Waals surface area contributed by atoms with Gasteiger partial charge in [-0.2, -0.15) is 4.31 Å². The molecule has 0 radical (unpaired) electrons. The Kier molecular flexibility index (Phi) is 4.56. The summed E-state index contributed by atoms with van der Waals surface area (Å²) in [6, 6.07) is 7.04. The maximum Gasteiger partial charge on any atom is 0.245 e. The smallest absolute Gasteiger partial charge is 0.245 e. The number of pyridine rings is 1. The molecular weight excluding hydrogens is 300 g/mol. The molecule has 0 atom stereocenters. The molecule has 0 saturated carbocycles. The van der Waals surface area contributed by atoms with Crippen LogP contribution in [0.1, 0.15) is 26.3 Å². The lowest BCUT2D eigenvalue weighted by molar-refractivity contribution is 0.0601. The van der Waals surface area contributed by atoms with E-state index in [1.165, 1.54) is 4.31 Å². The molecule has 1 aromatic carbocycles. The van der Waals surface area contributed by atoms with Gasteiger partial charge in [0.15, 0.2) is 0 Å². The molecule has 2 aromatic rings. The Hall–Kier alpha value is -1.50. The highest BCUT2D eigenvalue weighted by molar-refractivity contribution is 7.89. The van der Waals surface area contributed by atoms with E-state index in [1.54, 1.807) is 39.1 Å². The SMILES string of the molecule is CCN(CC(C)(C)O)S(=O)(=O)c1cccc2cc(C)cnc12. The minimum absolute atomic E-state index is 0.0358. The first-order chi connectivity index (χ1) is 10.1. The van der Waals surface area contributed by atoms with Gasteiger partial charge in [-0.3, -0.25) is 4.98 Å². The number of aliphatic hydroxyl groups is 1. The average molecular weight is 322 g/mol. The Balaban J connectivity index is 2.58. The van der Waals surface area contributed by atoms with Crippen molar-refractivity contribution in [2.45, 2.75) is 38.2 Å². The highest BCUT2D eigenvalue weighted by atomic mass is 32.2. The van der Waals surface area contributed by atoms with E-state index in [2.05, 4.69) is 4.98 Å². The second kappa shape index (κ2) is 5.95. The quantitative estimate of drug-likeness (QED) is 0.917. The minimum Gasteiger partial charge on any atom is -0.389 e. The van der Waals surface area contributed by atoms with Crippen LogP contribution in [0.25, 0.3) is 10.9 Å². The molecule has 1 heterocycles. The third kappa shape index (κ3) is 3.45. The fourth-order valence-electron chi connectivity index (χ4n) is 2.39. The Bertz CT molecular complexity index is 780. The average Bonchev–Trinajstić information content (AvgIpc) is 2.42. The van der Waals surface area contributed by atoms with Gasteiger partial charge in [0.1, 0.15) is 4.90 Å². The standard InChI is InChI=1S/C16H22N2O3S/c1-5-18(11-16(3,4)19)22(20,21)14-8-6-7-13-9-12(2)10-17-15(13)14/h6-10,19H,5,11H2,1-4H3. The van der Waals surface area contributed by atoms with Gasteiger partial charge in [0.05, 0.1) is 11.1 Å². The number of hydrogen-bond acceptors (Lipinski definition) is 4. The molecule has 0 saturated heterocycles. The van der Waals surface area contributed by atoms with Gasteiger partial charge in [0, 0.05) is 24.7 Å². The van der Waals surface area contributed by atoms with Crippen molar-refractivity contribution in [2.75, 3.05) is 13.1 Å². The number of aryl methyl sites for hydroxylation is 1. The molecule has 5 nitrogen and oxygen atoms in total. The van der Waals surface area contributed by atoms with Gasteiger partial charge < -0.3 is 5.11 Å². The van der Waals surface area contributed by atoms with Crippen LogP contribution < -0.4 is 0 Å². The van der Waals surface area contributed by atoms with Gasteiger partial charge in [-0.05, 0) is 38.5 Å². The lowest BCUT2D eigenvalue weighted by atomic mass is 10.1. The van der Waals surface area contributed by atoms with E-state index in [0.717, 1.165) is 10.9 Å². The number of benzene rings is 1. The van der Waals surface area contributed by atoms with Crippen molar-refractivity contribution in [1.29, 1.82) is 0 Å². The van der Waals surface area contributed by atoms with Crippen LogP contribution in [0.2, 0.25) is 0 Å². The van der Waals surface area contributed by atoms with E-state index < -0.39 is 15.6 Å². The molecule has 6 heteroatoms. The lowest BCUT2D eigenvalue weighted by Crippen LogP contribution is -2.42. The number of rotatable bonds is 5. The molecule has 0 aliphatic carbocycles. The molecule has 0 amide bonds. The van der Waals surface area contributed by atoms with Crippen LogP contribution in [-0.2, 0) is 10.0 Å². The largest absolute Gasteiger partial charge is 0.389 e. The molecule has 0 bridgehead atoms. The van der Waals surface area contributed by atoms with Gasteiger partial charge in [0.25, 0.3) is 0 Å². The summed E-state index contributed by atoms with van der Waals surface area (Å²) >= 11 is 0. The summed E-state index contributed by atoms with van der Waals surface area (Å²) in [6.45, 7) is 7.18. The highest BCUT2D eigenvalue weighted by Crippen LogP contribution is 2.25. The molecule has 0 aliphatic rings. The lowest BCUT2D eigenvalue weighted by Gasteiger charge is -2.27. The second-order valence-corrected chi connectivity index (χ2v) is 7.99. The number of fused-ring (bicyclic) bond motifs is 1. The Labute approximate surface area is 131 Å². The van der Waals surface area contributed by atoms with Crippen molar-refractivity contribution in [2.24, 2.45) is 0 Å². The molecule has 0 fully saturated rings. The van der Waals surface area contributed by atoms with Gasteiger partial charge in [-0.25, -0.2) is 8.42 Å². The number of likely N-dealkylation sites (N-methyl/N-ethyl adjacent to an activating group) is 1. The van der Waals surface area contributed by atoms with Crippen molar-refractivity contribution >= 4 is 20.9 Å². The Morgan fingerprint density at radius 1 is 1.32 bits per heavy atom. The normalized spacial score (nSPS) is 13.0. The van der Waals surface area contributed by atoms with Crippen LogP contribution in [0, 0.1) is 6.92 Å². The number of aromatic nitrogens is 1. The maximum absolute atomic E-state index is 12.9. The van der Waals surface area contributed by atoms with E-state index in [9.17, 15) is 13.5 Å². The molecule has 0 unspecified atom stereocenters. The third-order valence-corrected chi connectivity index (χ3v) is 5.30. The van der Waals surface area contributed by atoms with E-state index >= 15 is 0 Å².